The molecule has 0 aromatic rings. The molecule has 0 amide bonds. The second-order valence-electron chi connectivity index (χ2n) is 9.05. The second kappa shape index (κ2) is 4.48. The Labute approximate surface area is 124 Å². The van der Waals surface area contributed by atoms with Crippen molar-refractivity contribution >= 4 is 0 Å². The van der Waals surface area contributed by atoms with E-state index in [9.17, 15) is 5.11 Å². The monoisotopic (exact) mass is 276 g/mol. The van der Waals surface area contributed by atoms with Crippen molar-refractivity contribution in [2.75, 3.05) is 0 Å². The van der Waals surface area contributed by atoms with E-state index in [4.69, 9.17) is 0 Å². The number of rotatable bonds is 0. The summed E-state index contributed by atoms with van der Waals surface area (Å²) in [5.41, 5.74) is 0.825. The van der Waals surface area contributed by atoms with Crippen molar-refractivity contribution < 1.29 is 5.11 Å². The molecule has 1 N–H and O–H groups in total. The van der Waals surface area contributed by atoms with Crippen molar-refractivity contribution in [2.24, 2.45) is 34.5 Å². The third-order valence-electron chi connectivity index (χ3n) is 8.50. The van der Waals surface area contributed by atoms with E-state index in [1.165, 1.54) is 57.8 Å². The Balaban J connectivity index is 1.68. The molecule has 0 saturated heterocycles. The summed E-state index contributed by atoms with van der Waals surface area (Å²) in [5.74, 6) is 3.56. The summed E-state index contributed by atoms with van der Waals surface area (Å²) in [5, 5.41) is 10.9. The minimum Gasteiger partial charge on any atom is -0.393 e. The van der Waals surface area contributed by atoms with Gasteiger partial charge in [-0.05, 0) is 79.4 Å². The first-order chi connectivity index (χ1) is 9.56. The summed E-state index contributed by atoms with van der Waals surface area (Å²) >= 11 is 0. The van der Waals surface area contributed by atoms with Gasteiger partial charge in [0, 0.05) is 0 Å². The molecule has 114 valence electrons. The first kappa shape index (κ1) is 13.6. The van der Waals surface area contributed by atoms with Gasteiger partial charge in [-0.1, -0.05) is 33.1 Å². The van der Waals surface area contributed by atoms with E-state index in [0.29, 0.717) is 5.41 Å². The quantitative estimate of drug-likeness (QED) is 0.675. The standard InChI is InChI=1S/C19H32O/c1-18-10-4-3-6-13(18)8-9-14-15-7-5-11-19(15,2)17(20)12-16(14)18/h13-17,20H,3-12H2,1-2H3/t13-,14+,15+,16+,17+,18+,19-/m1/s1. The highest BCUT2D eigenvalue weighted by Crippen LogP contribution is 2.66. The van der Waals surface area contributed by atoms with Crippen molar-refractivity contribution in [3.05, 3.63) is 0 Å². The number of aliphatic hydroxyl groups is 1. The maximum atomic E-state index is 10.9. The van der Waals surface area contributed by atoms with Crippen LogP contribution in [-0.2, 0) is 0 Å². The van der Waals surface area contributed by atoms with Crippen LogP contribution in [-0.4, -0.2) is 11.2 Å². The lowest BCUT2D eigenvalue weighted by Crippen LogP contribution is -2.56. The SMILES string of the molecule is C[C@]12CCCC[C@@H]1CC[C@@H]1[C@@H]2C[C@H](O)[C@]2(C)CCC[C@@H]12. The first-order valence-corrected chi connectivity index (χ1v) is 9.24. The van der Waals surface area contributed by atoms with Gasteiger partial charge in [0.2, 0.25) is 0 Å². The highest BCUT2D eigenvalue weighted by Gasteiger charge is 2.60. The molecule has 4 aliphatic carbocycles. The number of hydrogen-bond acceptors (Lipinski definition) is 1. The fourth-order valence-corrected chi connectivity index (χ4v) is 7.25. The lowest BCUT2D eigenvalue weighted by atomic mass is 9.45. The Kier molecular flexibility index (Phi) is 3.05. The molecule has 0 aliphatic heterocycles. The van der Waals surface area contributed by atoms with E-state index in [1.54, 1.807) is 0 Å². The third-order valence-corrected chi connectivity index (χ3v) is 8.50. The van der Waals surface area contributed by atoms with E-state index < -0.39 is 0 Å². The smallest absolute Gasteiger partial charge is 0.0599 e. The summed E-state index contributed by atoms with van der Waals surface area (Å²) in [6, 6.07) is 0. The normalized spacial score (nSPS) is 58.6. The topological polar surface area (TPSA) is 20.2 Å². The molecule has 7 atom stereocenters. The average molecular weight is 276 g/mol. The molecule has 1 nitrogen and oxygen atoms in total. The summed E-state index contributed by atoms with van der Waals surface area (Å²) < 4.78 is 0. The van der Waals surface area contributed by atoms with Gasteiger partial charge in [0.25, 0.3) is 0 Å². The van der Waals surface area contributed by atoms with Gasteiger partial charge >= 0.3 is 0 Å². The average Bonchev–Trinajstić information content (AvgIpc) is 2.83. The number of aliphatic hydroxyl groups excluding tert-OH is 1. The Bertz CT molecular complexity index is 391. The maximum Gasteiger partial charge on any atom is 0.0599 e. The molecular weight excluding hydrogens is 244 g/mol. The van der Waals surface area contributed by atoms with Gasteiger partial charge in [0.05, 0.1) is 6.10 Å². The van der Waals surface area contributed by atoms with Gasteiger partial charge in [0.1, 0.15) is 0 Å². The molecule has 0 unspecified atom stereocenters. The van der Waals surface area contributed by atoms with Crippen molar-refractivity contribution in [2.45, 2.75) is 84.2 Å². The van der Waals surface area contributed by atoms with Gasteiger partial charge in [0.15, 0.2) is 0 Å². The molecule has 4 aliphatic rings. The number of fused-ring (bicyclic) bond motifs is 5. The van der Waals surface area contributed by atoms with E-state index in [-0.39, 0.29) is 11.5 Å². The lowest BCUT2D eigenvalue weighted by Gasteiger charge is -2.61. The maximum absolute atomic E-state index is 10.9. The predicted molar refractivity (Wildman–Crippen MR) is 82.4 cm³/mol. The minimum absolute atomic E-state index is 0.0197. The van der Waals surface area contributed by atoms with E-state index in [1.807, 2.05) is 0 Å². The molecule has 0 radical (unpaired) electrons. The minimum atomic E-state index is -0.0197. The van der Waals surface area contributed by atoms with Gasteiger partial charge in [-0.2, -0.15) is 0 Å². The Hall–Kier alpha value is -0.0400. The predicted octanol–water partition coefficient (Wildman–Crippen LogP) is 4.78. The highest BCUT2D eigenvalue weighted by molar-refractivity contribution is 5.09. The number of hydrogen-bond donors (Lipinski definition) is 1. The van der Waals surface area contributed by atoms with Crippen molar-refractivity contribution in [1.29, 1.82) is 0 Å². The van der Waals surface area contributed by atoms with Gasteiger partial charge in [-0.15, -0.1) is 0 Å². The van der Waals surface area contributed by atoms with Crippen LogP contribution in [0.2, 0.25) is 0 Å². The fraction of sp³-hybridized carbons (Fsp3) is 1.00. The molecule has 0 heterocycles. The molecule has 0 spiro atoms. The Morgan fingerprint density at radius 2 is 1.60 bits per heavy atom. The summed E-state index contributed by atoms with van der Waals surface area (Å²) in [4.78, 5) is 0. The van der Waals surface area contributed by atoms with Crippen LogP contribution in [0.3, 0.4) is 0 Å². The van der Waals surface area contributed by atoms with Crippen LogP contribution < -0.4 is 0 Å². The molecule has 4 fully saturated rings. The molecule has 0 aromatic carbocycles. The zero-order chi connectivity index (χ0) is 14.0. The van der Waals surface area contributed by atoms with Crippen LogP contribution >= 0.6 is 0 Å². The summed E-state index contributed by atoms with van der Waals surface area (Å²) in [6.07, 6.45) is 13.9. The summed E-state index contributed by atoms with van der Waals surface area (Å²) in [7, 11) is 0. The van der Waals surface area contributed by atoms with Crippen LogP contribution in [0.4, 0.5) is 0 Å². The van der Waals surface area contributed by atoms with Gasteiger partial charge in [-0.3, -0.25) is 0 Å². The molecule has 0 bridgehead atoms. The second-order valence-corrected chi connectivity index (χ2v) is 9.05. The van der Waals surface area contributed by atoms with Gasteiger partial charge in [-0.25, -0.2) is 0 Å². The third kappa shape index (κ3) is 1.65. The van der Waals surface area contributed by atoms with Crippen molar-refractivity contribution in [1.82, 2.24) is 0 Å². The van der Waals surface area contributed by atoms with E-state index in [2.05, 4.69) is 13.8 Å². The van der Waals surface area contributed by atoms with Crippen molar-refractivity contribution in [3.8, 4) is 0 Å². The van der Waals surface area contributed by atoms with Gasteiger partial charge < -0.3 is 5.11 Å². The molecular formula is C19H32O. The fourth-order valence-electron chi connectivity index (χ4n) is 7.25. The zero-order valence-corrected chi connectivity index (χ0v) is 13.4. The molecule has 4 rings (SSSR count). The zero-order valence-electron chi connectivity index (χ0n) is 13.4. The van der Waals surface area contributed by atoms with Crippen LogP contribution in [0.1, 0.15) is 78.1 Å². The first-order valence-electron chi connectivity index (χ1n) is 9.24. The summed E-state index contributed by atoms with van der Waals surface area (Å²) in [6.45, 7) is 5.00. The molecule has 0 aromatic heterocycles. The molecule has 1 heteroatoms. The van der Waals surface area contributed by atoms with Crippen LogP contribution in [0.15, 0.2) is 0 Å². The largest absolute Gasteiger partial charge is 0.393 e. The molecule has 4 saturated carbocycles. The lowest BCUT2D eigenvalue weighted by molar-refractivity contribution is -0.152. The van der Waals surface area contributed by atoms with E-state index in [0.717, 1.165) is 30.1 Å². The van der Waals surface area contributed by atoms with Crippen molar-refractivity contribution in [3.63, 3.8) is 0 Å². The molecule has 20 heavy (non-hydrogen) atoms. The Morgan fingerprint density at radius 3 is 2.45 bits per heavy atom. The van der Waals surface area contributed by atoms with Crippen LogP contribution in [0.25, 0.3) is 0 Å². The highest BCUT2D eigenvalue weighted by atomic mass is 16.3. The van der Waals surface area contributed by atoms with Crippen LogP contribution in [0.5, 0.6) is 0 Å². The van der Waals surface area contributed by atoms with Crippen LogP contribution in [0, 0.1) is 34.5 Å². The Morgan fingerprint density at radius 1 is 0.800 bits per heavy atom. The van der Waals surface area contributed by atoms with E-state index >= 15 is 0 Å².